The molecule has 2 unspecified atom stereocenters. The number of carbonyl (C=O) groups excluding carboxylic acids is 2. The van der Waals surface area contributed by atoms with Gasteiger partial charge in [-0.1, -0.05) is 36.9 Å². The fourth-order valence-electron chi connectivity index (χ4n) is 3.02. The van der Waals surface area contributed by atoms with Crippen molar-refractivity contribution in [3.05, 3.63) is 41.4 Å². The summed E-state index contributed by atoms with van der Waals surface area (Å²) in [5.74, 6) is -0.231. The standard InChI is InChI=1S/C16H19N2O3S/c1-2-10-18(12-6-4-3-5-7-12)14(19)11-13-17(16(18)21)9-8-15(20)22-13/h3-7,11,15,20H,2,8-10H2,1H3/q+1. The number of urea groups is 1. The molecular weight excluding hydrogens is 300 g/mol. The zero-order chi connectivity index (χ0) is 15.7. The van der Waals surface area contributed by atoms with Crippen LogP contribution in [-0.4, -0.2) is 40.5 Å². The van der Waals surface area contributed by atoms with E-state index >= 15 is 0 Å². The van der Waals surface area contributed by atoms with E-state index in [4.69, 9.17) is 0 Å². The van der Waals surface area contributed by atoms with Crippen molar-refractivity contribution >= 4 is 29.4 Å². The van der Waals surface area contributed by atoms with Crippen molar-refractivity contribution in [2.45, 2.75) is 25.2 Å². The molecule has 22 heavy (non-hydrogen) atoms. The molecule has 1 N–H and O–H groups in total. The second kappa shape index (κ2) is 5.87. The highest BCUT2D eigenvalue weighted by Crippen LogP contribution is 2.39. The zero-order valence-electron chi connectivity index (χ0n) is 12.4. The number of amides is 3. The number of thioether (sulfide) groups is 1. The molecule has 1 fully saturated rings. The van der Waals surface area contributed by atoms with E-state index < -0.39 is 5.44 Å². The molecular formula is C16H19N2O3S+. The van der Waals surface area contributed by atoms with Crippen molar-refractivity contribution < 1.29 is 14.7 Å². The number of hydrogen-bond acceptors (Lipinski definition) is 4. The smallest absolute Gasteiger partial charge is 0.382 e. The fraction of sp³-hybridized carbons (Fsp3) is 0.375. The van der Waals surface area contributed by atoms with Crippen LogP contribution >= 0.6 is 11.8 Å². The molecule has 3 amide bonds. The van der Waals surface area contributed by atoms with Crippen LogP contribution in [0.1, 0.15) is 19.8 Å². The van der Waals surface area contributed by atoms with E-state index in [-0.39, 0.29) is 16.4 Å². The first-order valence-electron chi connectivity index (χ1n) is 7.46. The molecule has 0 aliphatic carbocycles. The summed E-state index contributed by atoms with van der Waals surface area (Å²) in [7, 11) is 0. The summed E-state index contributed by atoms with van der Waals surface area (Å²) >= 11 is 1.18. The summed E-state index contributed by atoms with van der Waals surface area (Å²) < 4.78 is -0.294. The van der Waals surface area contributed by atoms with Crippen molar-refractivity contribution in [2.75, 3.05) is 13.1 Å². The largest absolute Gasteiger partial charge is 0.436 e. The lowest BCUT2D eigenvalue weighted by molar-refractivity contribution is -0.123. The molecule has 6 heteroatoms. The van der Waals surface area contributed by atoms with E-state index in [1.807, 2.05) is 37.3 Å². The average Bonchev–Trinajstić information content (AvgIpc) is 2.52. The topological polar surface area (TPSA) is 57.6 Å². The van der Waals surface area contributed by atoms with E-state index in [2.05, 4.69) is 0 Å². The number of fused-ring (bicyclic) bond motifs is 1. The lowest BCUT2D eigenvalue weighted by atomic mass is 10.1. The first-order valence-corrected chi connectivity index (χ1v) is 8.34. The molecule has 2 atom stereocenters. The predicted molar refractivity (Wildman–Crippen MR) is 86.8 cm³/mol. The van der Waals surface area contributed by atoms with Crippen molar-refractivity contribution in [3.8, 4) is 0 Å². The van der Waals surface area contributed by atoms with E-state index in [9.17, 15) is 14.7 Å². The molecule has 3 rings (SSSR count). The monoisotopic (exact) mass is 319 g/mol. The van der Waals surface area contributed by atoms with Gasteiger partial charge in [-0.25, -0.2) is 9.59 Å². The average molecular weight is 319 g/mol. The fourth-order valence-corrected chi connectivity index (χ4v) is 3.99. The Hall–Kier alpha value is -1.63. The van der Waals surface area contributed by atoms with Crippen LogP contribution in [0, 0.1) is 0 Å². The highest BCUT2D eigenvalue weighted by molar-refractivity contribution is 8.03. The van der Waals surface area contributed by atoms with Gasteiger partial charge in [0.2, 0.25) is 0 Å². The third-order valence-corrected chi connectivity index (χ3v) is 5.15. The van der Waals surface area contributed by atoms with Crippen molar-refractivity contribution in [2.24, 2.45) is 0 Å². The minimum atomic E-state index is -0.550. The molecule has 0 aromatic heterocycles. The number of carbonyl (C=O) groups is 2. The Morgan fingerprint density at radius 1 is 1.32 bits per heavy atom. The molecule has 5 nitrogen and oxygen atoms in total. The number of quaternary nitrogens is 1. The minimum Gasteiger partial charge on any atom is -0.382 e. The van der Waals surface area contributed by atoms with Gasteiger partial charge in [-0.05, 0) is 6.42 Å². The molecule has 116 valence electrons. The molecule has 2 aliphatic rings. The maximum atomic E-state index is 13.1. The van der Waals surface area contributed by atoms with E-state index in [1.54, 1.807) is 4.90 Å². The summed E-state index contributed by atoms with van der Waals surface area (Å²) in [4.78, 5) is 27.6. The SMILES string of the molecule is CCC[N+]1(c2ccccc2)C(=O)C=C2SC(O)CCN2C1=O. The van der Waals surface area contributed by atoms with Crippen LogP contribution in [0.15, 0.2) is 41.4 Å². The molecule has 0 bridgehead atoms. The number of aliphatic hydroxyl groups excluding tert-OH is 1. The normalized spacial score (nSPS) is 28.4. The van der Waals surface area contributed by atoms with E-state index in [1.165, 1.54) is 17.8 Å². The van der Waals surface area contributed by atoms with Crippen LogP contribution in [-0.2, 0) is 4.79 Å². The molecule has 1 saturated heterocycles. The van der Waals surface area contributed by atoms with E-state index in [0.717, 1.165) is 6.42 Å². The minimum absolute atomic E-state index is 0.213. The summed E-state index contributed by atoms with van der Waals surface area (Å²) in [5.41, 5.74) is 0.150. The highest BCUT2D eigenvalue weighted by Gasteiger charge is 2.53. The van der Waals surface area contributed by atoms with Gasteiger partial charge in [-0.3, -0.25) is 4.90 Å². The van der Waals surface area contributed by atoms with Crippen LogP contribution in [0.4, 0.5) is 10.5 Å². The van der Waals surface area contributed by atoms with E-state index in [0.29, 0.717) is 30.2 Å². The van der Waals surface area contributed by atoms with Gasteiger partial charge in [0.1, 0.15) is 11.1 Å². The Morgan fingerprint density at radius 3 is 2.73 bits per heavy atom. The Labute approximate surface area is 133 Å². The number of hydrogen-bond donors (Lipinski definition) is 1. The first-order chi connectivity index (χ1) is 10.6. The van der Waals surface area contributed by atoms with Crippen LogP contribution in [0.5, 0.6) is 0 Å². The second-order valence-electron chi connectivity index (χ2n) is 5.49. The maximum absolute atomic E-state index is 13.1. The summed E-state index contributed by atoms with van der Waals surface area (Å²) in [6.45, 7) is 2.86. The van der Waals surface area contributed by atoms with Crippen LogP contribution < -0.4 is 4.48 Å². The molecule has 0 radical (unpaired) electrons. The highest BCUT2D eigenvalue weighted by atomic mass is 32.2. The maximum Gasteiger partial charge on any atom is 0.436 e. The second-order valence-corrected chi connectivity index (χ2v) is 6.68. The van der Waals surface area contributed by atoms with Crippen molar-refractivity contribution in [3.63, 3.8) is 0 Å². The van der Waals surface area contributed by atoms with Gasteiger partial charge < -0.3 is 5.11 Å². The van der Waals surface area contributed by atoms with Gasteiger partial charge in [0.25, 0.3) is 0 Å². The molecule has 2 heterocycles. The Kier molecular flexibility index (Phi) is 4.08. The van der Waals surface area contributed by atoms with Crippen LogP contribution in [0.25, 0.3) is 0 Å². The zero-order valence-corrected chi connectivity index (χ0v) is 13.3. The molecule has 1 aromatic carbocycles. The first kappa shape index (κ1) is 15.3. The Bertz CT molecular complexity index is 632. The van der Waals surface area contributed by atoms with Gasteiger partial charge in [-0.15, -0.1) is 4.48 Å². The van der Waals surface area contributed by atoms with Crippen molar-refractivity contribution in [1.29, 1.82) is 0 Å². The Balaban J connectivity index is 2.11. The third-order valence-electron chi connectivity index (χ3n) is 4.06. The number of aliphatic hydroxyl groups is 1. The molecule has 0 spiro atoms. The number of benzene rings is 1. The number of para-hydroxylation sites is 1. The molecule has 2 aliphatic heterocycles. The van der Waals surface area contributed by atoms with Crippen LogP contribution in [0.2, 0.25) is 0 Å². The lowest BCUT2D eigenvalue weighted by Crippen LogP contribution is -2.66. The van der Waals surface area contributed by atoms with Gasteiger partial charge >= 0.3 is 11.9 Å². The third kappa shape index (κ3) is 2.27. The molecule has 0 saturated carbocycles. The van der Waals surface area contributed by atoms with Crippen LogP contribution in [0.3, 0.4) is 0 Å². The van der Waals surface area contributed by atoms with Crippen molar-refractivity contribution in [1.82, 2.24) is 9.38 Å². The predicted octanol–water partition coefficient (Wildman–Crippen LogP) is 2.66. The summed E-state index contributed by atoms with van der Waals surface area (Å²) in [6.07, 6.45) is 2.75. The number of nitrogens with zero attached hydrogens (tertiary/aromatic N) is 2. The van der Waals surface area contributed by atoms with Gasteiger partial charge in [-0.2, -0.15) is 0 Å². The number of rotatable bonds is 3. The van der Waals surface area contributed by atoms with Gasteiger partial charge in [0, 0.05) is 25.1 Å². The summed E-state index contributed by atoms with van der Waals surface area (Å²) in [5, 5.41) is 10.3. The Morgan fingerprint density at radius 2 is 2.05 bits per heavy atom. The quantitative estimate of drug-likeness (QED) is 0.870. The molecule has 1 aromatic rings. The summed E-state index contributed by atoms with van der Waals surface area (Å²) in [6, 6.07) is 9.01. The lowest BCUT2D eigenvalue weighted by Gasteiger charge is -2.41. The van der Waals surface area contributed by atoms with Gasteiger partial charge in [0.05, 0.1) is 17.6 Å². The van der Waals surface area contributed by atoms with Gasteiger partial charge in [0.15, 0.2) is 0 Å². The number of imide groups is 1.